The molecule has 0 radical (unpaired) electrons. The Balaban J connectivity index is 1.63. The first-order chi connectivity index (χ1) is 15.0. The summed E-state index contributed by atoms with van der Waals surface area (Å²) in [4.78, 5) is 30.4. The van der Waals surface area contributed by atoms with Gasteiger partial charge in [-0.15, -0.1) is 0 Å². The predicted octanol–water partition coefficient (Wildman–Crippen LogP) is 3.07. The third kappa shape index (κ3) is 3.02. The minimum absolute atomic E-state index is 0.0589. The Labute approximate surface area is 178 Å². The van der Waals surface area contributed by atoms with Crippen LogP contribution in [0, 0.1) is 0 Å². The summed E-state index contributed by atoms with van der Waals surface area (Å²) in [6.45, 7) is 4.45. The third-order valence-electron chi connectivity index (χ3n) is 5.79. The molecule has 0 aliphatic carbocycles. The number of amides is 2. The van der Waals surface area contributed by atoms with Crippen LogP contribution in [0.3, 0.4) is 0 Å². The lowest BCUT2D eigenvalue weighted by atomic mass is 9.94. The Kier molecular flexibility index (Phi) is 4.25. The first-order valence-corrected chi connectivity index (χ1v) is 9.91. The van der Waals surface area contributed by atoms with Gasteiger partial charge in [0.25, 0.3) is 5.91 Å². The maximum absolute atomic E-state index is 12.4. The van der Waals surface area contributed by atoms with Gasteiger partial charge in [0.2, 0.25) is 5.91 Å². The lowest BCUT2D eigenvalue weighted by Gasteiger charge is -2.38. The molecule has 0 atom stereocenters. The number of nitrogens with zero attached hydrogens (tertiary/aromatic N) is 3. The molecule has 0 unspecified atom stereocenters. The van der Waals surface area contributed by atoms with Crippen LogP contribution in [0.1, 0.15) is 22.1 Å². The maximum Gasteiger partial charge on any atom is 0.267 e. The van der Waals surface area contributed by atoms with Gasteiger partial charge >= 0.3 is 0 Å². The molecule has 0 bridgehead atoms. The summed E-state index contributed by atoms with van der Waals surface area (Å²) in [5, 5.41) is 12.1. The number of imidazole rings is 1. The van der Waals surface area contributed by atoms with Crippen molar-refractivity contribution in [1.29, 1.82) is 0 Å². The highest BCUT2D eigenvalue weighted by Gasteiger charge is 2.35. The highest BCUT2D eigenvalue weighted by molar-refractivity contribution is 5.98. The number of carbonyl (C=O) groups excluding carboxylic acids is 2. The first kappa shape index (κ1) is 18.9. The summed E-state index contributed by atoms with van der Waals surface area (Å²) in [6.07, 6.45) is 3.10. The van der Waals surface area contributed by atoms with Crippen molar-refractivity contribution in [2.75, 3.05) is 13.1 Å². The second kappa shape index (κ2) is 6.98. The molecule has 154 valence electrons. The maximum atomic E-state index is 12.4. The lowest BCUT2D eigenvalue weighted by molar-refractivity contribution is -0.130. The predicted molar refractivity (Wildman–Crippen MR) is 118 cm³/mol. The van der Waals surface area contributed by atoms with Crippen LogP contribution >= 0.6 is 0 Å². The Hall–Kier alpha value is -4.13. The van der Waals surface area contributed by atoms with E-state index in [2.05, 4.69) is 11.6 Å². The molecule has 1 fully saturated rings. The van der Waals surface area contributed by atoms with E-state index in [-0.39, 0.29) is 17.6 Å². The molecule has 1 aliphatic heterocycles. The van der Waals surface area contributed by atoms with Gasteiger partial charge in [-0.1, -0.05) is 30.8 Å². The van der Waals surface area contributed by atoms with Crippen LogP contribution in [-0.4, -0.2) is 44.3 Å². The fourth-order valence-corrected chi connectivity index (χ4v) is 4.25. The van der Waals surface area contributed by atoms with E-state index in [9.17, 15) is 14.7 Å². The van der Waals surface area contributed by atoms with E-state index in [1.165, 1.54) is 6.08 Å². The van der Waals surface area contributed by atoms with Gasteiger partial charge in [0, 0.05) is 25.2 Å². The first-order valence-electron chi connectivity index (χ1n) is 9.91. The topological polar surface area (TPSA) is 101 Å². The van der Waals surface area contributed by atoms with E-state index in [1.54, 1.807) is 21.4 Å². The number of primary amides is 1. The van der Waals surface area contributed by atoms with Gasteiger partial charge in [0.1, 0.15) is 17.1 Å². The van der Waals surface area contributed by atoms with Crippen molar-refractivity contribution in [3.05, 3.63) is 78.8 Å². The van der Waals surface area contributed by atoms with Crippen LogP contribution < -0.4 is 5.73 Å². The van der Waals surface area contributed by atoms with Crippen molar-refractivity contribution in [3.8, 4) is 16.9 Å². The minimum Gasteiger partial charge on any atom is -0.508 e. The zero-order valence-corrected chi connectivity index (χ0v) is 16.7. The van der Waals surface area contributed by atoms with Crippen LogP contribution in [0.2, 0.25) is 0 Å². The third-order valence-corrected chi connectivity index (χ3v) is 5.79. The number of hydrogen-bond acceptors (Lipinski definition) is 4. The number of aromatic nitrogens is 2. The van der Waals surface area contributed by atoms with Crippen molar-refractivity contribution in [3.63, 3.8) is 0 Å². The SMILES string of the molecule is C=CC(=O)N1CC(c2nc3ccc(-c4cc(O)cc5ccccc45)cn3c2C(N)=O)C1. The van der Waals surface area contributed by atoms with E-state index in [0.29, 0.717) is 30.1 Å². The summed E-state index contributed by atoms with van der Waals surface area (Å²) in [7, 11) is 0. The molecule has 31 heavy (non-hydrogen) atoms. The van der Waals surface area contributed by atoms with Crippen LogP contribution in [0.25, 0.3) is 27.5 Å². The summed E-state index contributed by atoms with van der Waals surface area (Å²) in [5.74, 6) is -0.611. The highest BCUT2D eigenvalue weighted by Crippen LogP contribution is 2.34. The van der Waals surface area contributed by atoms with E-state index >= 15 is 0 Å². The van der Waals surface area contributed by atoms with Gasteiger partial charge in [0.15, 0.2) is 0 Å². The smallest absolute Gasteiger partial charge is 0.267 e. The van der Waals surface area contributed by atoms with Gasteiger partial charge in [-0.2, -0.15) is 0 Å². The molecule has 1 saturated heterocycles. The number of fused-ring (bicyclic) bond motifs is 2. The number of likely N-dealkylation sites (tertiary alicyclic amines) is 1. The highest BCUT2D eigenvalue weighted by atomic mass is 16.3. The van der Waals surface area contributed by atoms with Gasteiger partial charge in [-0.25, -0.2) is 4.98 Å². The monoisotopic (exact) mass is 412 g/mol. The summed E-state index contributed by atoms with van der Waals surface area (Å²) in [6, 6.07) is 14.9. The molecule has 3 N–H and O–H groups in total. The normalized spacial score (nSPS) is 14.0. The van der Waals surface area contributed by atoms with Crippen LogP contribution in [0.15, 0.2) is 67.4 Å². The van der Waals surface area contributed by atoms with Crippen molar-refractivity contribution in [1.82, 2.24) is 14.3 Å². The van der Waals surface area contributed by atoms with Gasteiger partial charge in [-0.3, -0.25) is 14.0 Å². The van der Waals surface area contributed by atoms with Crippen molar-refractivity contribution in [2.45, 2.75) is 5.92 Å². The molecule has 7 nitrogen and oxygen atoms in total. The van der Waals surface area contributed by atoms with E-state index in [1.807, 2.05) is 42.6 Å². The summed E-state index contributed by atoms with van der Waals surface area (Å²) in [5.41, 5.74) is 8.91. The second-order valence-electron chi connectivity index (χ2n) is 7.71. The van der Waals surface area contributed by atoms with E-state index in [0.717, 1.165) is 21.9 Å². The Morgan fingerprint density at radius 1 is 1.16 bits per heavy atom. The number of phenolic OH excluding ortho intramolecular Hbond substituents is 1. The minimum atomic E-state index is -0.575. The summed E-state index contributed by atoms with van der Waals surface area (Å²) < 4.78 is 1.70. The van der Waals surface area contributed by atoms with E-state index < -0.39 is 5.91 Å². The van der Waals surface area contributed by atoms with Crippen molar-refractivity contribution >= 4 is 28.2 Å². The van der Waals surface area contributed by atoms with Crippen LogP contribution in [0.4, 0.5) is 0 Å². The molecule has 2 amide bonds. The Morgan fingerprint density at radius 2 is 1.94 bits per heavy atom. The molecule has 3 heterocycles. The van der Waals surface area contributed by atoms with Crippen LogP contribution in [0.5, 0.6) is 5.75 Å². The van der Waals surface area contributed by atoms with E-state index in [4.69, 9.17) is 5.73 Å². The molecule has 1 aliphatic rings. The number of aromatic hydroxyl groups is 1. The largest absolute Gasteiger partial charge is 0.508 e. The average molecular weight is 412 g/mol. The molecule has 7 heteroatoms. The van der Waals surface area contributed by atoms with Crippen LogP contribution in [-0.2, 0) is 4.79 Å². The number of rotatable bonds is 4. The number of pyridine rings is 1. The molecule has 0 spiro atoms. The molecule has 5 rings (SSSR count). The molecular formula is C24H20N4O3. The van der Waals surface area contributed by atoms with Crippen molar-refractivity contribution in [2.24, 2.45) is 5.73 Å². The molecule has 0 saturated carbocycles. The fraction of sp³-hybridized carbons (Fsp3) is 0.125. The molecular weight excluding hydrogens is 392 g/mol. The Bertz CT molecular complexity index is 1380. The number of benzene rings is 2. The van der Waals surface area contributed by atoms with Gasteiger partial charge in [-0.05, 0) is 52.2 Å². The van der Waals surface area contributed by atoms with Gasteiger partial charge < -0.3 is 15.7 Å². The summed E-state index contributed by atoms with van der Waals surface area (Å²) >= 11 is 0. The number of nitrogens with two attached hydrogens (primary N) is 1. The quantitative estimate of drug-likeness (QED) is 0.503. The second-order valence-corrected chi connectivity index (χ2v) is 7.71. The molecule has 2 aromatic heterocycles. The zero-order valence-electron chi connectivity index (χ0n) is 16.7. The average Bonchev–Trinajstić information content (AvgIpc) is 3.10. The molecule has 4 aromatic rings. The standard InChI is InChI=1S/C24H20N4O3/c1-2-21(30)27-11-16(12-27)22-23(24(25)31)28-13-15(7-8-20(28)26-22)19-10-17(29)9-14-5-3-4-6-18(14)19/h2-10,13,16,29H,1,11-12H2,(H2,25,31). The number of phenols is 1. The number of hydrogen-bond donors (Lipinski definition) is 2. The lowest BCUT2D eigenvalue weighted by Crippen LogP contribution is -2.48. The zero-order chi connectivity index (χ0) is 21.7. The van der Waals surface area contributed by atoms with Gasteiger partial charge in [0.05, 0.1) is 5.69 Å². The molecule has 2 aromatic carbocycles. The Morgan fingerprint density at radius 3 is 2.68 bits per heavy atom. The fourth-order valence-electron chi connectivity index (χ4n) is 4.25. The number of carbonyl (C=O) groups is 2. The van der Waals surface area contributed by atoms with Crippen molar-refractivity contribution < 1.29 is 14.7 Å².